The molecule has 2 rings (SSSR count). The average Bonchev–Trinajstić information content (AvgIpc) is 2.77. The summed E-state index contributed by atoms with van der Waals surface area (Å²) in [4.78, 5) is 27.8. The second-order valence-electron chi connectivity index (χ2n) is 3.96. The van der Waals surface area contributed by atoms with Crippen molar-refractivity contribution in [3.8, 4) is 0 Å². The number of nitrogens with one attached hydrogen (secondary N) is 1. The zero-order valence-corrected chi connectivity index (χ0v) is 11.7. The zero-order valence-electron chi connectivity index (χ0n) is 9.56. The lowest BCUT2D eigenvalue weighted by Gasteiger charge is -2.14. The van der Waals surface area contributed by atoms with Gasteiger partial charge in [0.25, 0.3) is 5.56 Å². The van der Waals surface area contributed by atoms with Crippen molar-refractivity contribution in [2.75, 3.05) is 6.61 Å². The molecule has 9 nitrogen and oxygen atoms in total. The van der Waals surface area contributed by atoms with Crippen LogP contribution in [-0.2, 0) is 4.74 Å². The number of aliphatic hydroxyl groups is 1. The Balaban J connectivity index is 2.34. The van der Waals surface area contributed by atoms with Crippen molar-refractivity contribution < 1.29 is 9.84 Å². The van der Waals surface area contributed by atoms with Crippen molar-refractivity contribution in [1.82, 2.24) is 9.55 Å². The zero-order chi connectivity index (χ0) is 14.0. The van der Waals surface area contributed by atoms with E-state index in [1.165, 1.54) is 10.8 Å². The topological polar surface area (TPSA) is 133 Å². The van der Waals surface area contributed by atoms with Gasteiger partial charge in [-0.2, -0.15) is 0 Å². The highest BCUT2D eigenvalue weighted by Crippen LogP contribution is 2.29. The number of halogens is 1. The average molecular weight is 379 g/mol. The van der Waals surface area contributed by atoms with Crippen molar-refractivity contribution in [3.63, 3.8) is 0 Å². The van der Waals surface area contributed by atoms with Crippen LogP contribution in [0.15, 0.2) is 20.9 Å². The Morgan fingerprint density at radius 3 is 3.05 bits per heavy atom. The molecule has 0 amide bonds. The fraction of sp³-hybridized carbons (Fsp3) is 0.556. The van der Waals surface area contributed by atoms with E-state index in [0.717, 1.165) is 0 Å². The molecule has 1 aromatic heterocycles. The third-order valence-corrected chi connectivity index (χ3v) is 3.59. The molecule has 2 heterocycles. The molecule has 0 radical (unpaired) electrons. The van der Waals surface area contributed by atoms with Gasteiger partial charge in [0, 0.05) is 17.5 Å². The summed E-state index contributed by atoms with van der Waals surface area (Å²) in [5, 5.41) is 12.7. The van der Waals surface area contributed by atoms with E-state index in [2.05, 4.69) is 15.0 Å². The molecule has 3 atom stereocenters. The molecule has 102 valence electrons. The maximum Gasteiger partial charge on any atom is 0.330 e. The first kappa shape index (κ1) is 14.1. The van der Waals surface area contributed by atoms with Crippen LogP contribution in [0.1, 0.15) is 12.6 Å². The number of ether oxygens (including phenoxy) is 1. The van der Waals surface area contributed by atoms with E-state index in [1.54, 1.807) is 22.6 Å². The molecule has 1 saturated heterocycles. The van der Waals surface area contributed by atoms with Crippen LogP contribution in [0.3, 0.4) is 0 Å². The predicted octanol–water partition coefficient (Wildman–Crippen LogP) is 0.0999. The van der Waals surface area contributed by atoms with Crippen LogP contribution in [0.4, 0.5) is 0 Å². The lowest BCUT2D eigenvalue weighted by Crippen LogP contribution is -2.33. The number of rotatable bonds is 3. The molecule has 19 heavy (non-hydrogen) atoms. The fourth-order valence-corrected chi connectivity index (χ4v) is 2.35. The SMILES string of the molecule is [N-]=[N+]=NC1CC(n2cc(I)c(=O)[nH]c2=O)O[C@@H]1CO. The molecule has 1 aliphatic rings. The van der Waals surface area contributed by atoms with E-state index < -0.39 is 29.6 Å². The molecule has 1 aliphatic heterocycles. The first-order valence-corrected chi connectivity index (χ1v) is 6.46. The Morgan fingerprint density at radius 2 is 2.42 bits per heavy atom. The van der Waals surface area contributed by atoms with Crippen LogP contribution >= 0.6 is 22.6 Å². The van der Waals surface area contributed by atoms with Crippen LogP contribution in [0.5, 0.6) is 0 Å². The van der Waals surface area contributed by atoms with Gasteiger partial charge in [0.2, 0.25) is 0 Å². The minimum atomic E-state index is -0.675. The number of hydrogen-bond acceptors (Lipinski definition) is 5. The molecule has 0 spiro atoms. The van der Waals surface area contributed by atoms with Crippen molar-refractivity contribution >= 4 is 22.6 Å². The second-order valence-corrected chi connectivity index (χ2v) is 5.13. The summed E-state index contributed by atoms with van der Waals surface area (Å²) >= 11 is 1.80. The normalized spacial score (nSPS) is 26.1. The number of azide groups is 1. The Hall–Kier alpha value is -1.36. The monoisotopic (exact) mass is 379 g/mol. The highest BCUT2D eigenvalue weighted by molar-refractivity contribution is 14.1. The molecule has 0 aromatic carbocycles. The molecule has 2 N–H and O–H groups in total. The fourth-order valence-electron chi connectivity index (χ4n) is 1.91. The third kappa shape index (κ3) is 2.81. The first-order valence-electron chi connectivity index (χ1n) is 5.38. The van der Waals surface area contributed by atoms with Crippen molar-refractivity contribution in [3.05, 3.63) is 41.0 Å². The summed E-state index contributed by atoms with van der Waals surface area (Å²) < 4.78 is 7.02. The van der Waals surface area contributed by atoms with E-state index in [9.17, 15) is 9.59 Å². The lowest BCUT2D eigenvalue weighted by atomic mass is 10.1. The van der Waals surface area contributed by atoms with Gasteiger partial charge in [0.1, 0.15) is 6.23 Å². The van der Waals surface area contributed by atoms with Gasteiger partial charge in [0.15, 0.2) is 0 Å². The van der Waals surface area contributed by atoms with E-state index >= 15 is 0 Å². The van der Waals surface area contributed by atoms with Crippen molar-refractivity contribution in [1.29, 1.82) is 0 Å². The highest BCUT2D eigenvalue weighted by atomic mass is 127. The highest BCUT2D eigenvalue weighted by Gasteiger charge is 2.35. The Bertz CT molecular complexity index is 634. The van der Waals surface area contributed by atoms with E-state index in [-0.39, 0.29) is 13.0 Å². The van der Waals surface area contributed by atoms with Gasteiger partial charge < -0.3 is 9.84 Å². The smallest absolute Gasteiger partial charge is 0.330 e. The number of nitrogens with zero attached hydrogens (tertiary/aromatic N) is 4. The van der Waals surface area contributed by atoms with Gasteiger partial charge in [-0.3, -0.25) is 14.3 Å². The van der Waals surface area contributed by atoms with Crippen LogP contribution < -0.4 is 11.2 Å². The Kier molecular flexibility index (Phi) is 4.24. The van der Waals surface area contributed by atoms with E-state index in [1.807, 2.05) is 0 Å². The number of hydrogen-bond donors (Lipinski definition) is 2. The minimum Gasteiger partial charge on any atom is -0.394 e. The van der Waals surface area contributed by atoms with Crippen LogP contribution in [0.25, 0.3) is 10.4 Å². The first-order chi connectivity index (χ1) is 9.06. The largest absolute Gasteiger partial charge is 0.394 e. The van der Waals surface area contributed by atoms with E-state index in [0.29, 0.717) is 3.57 Å². The quantitative estimate of drug-likeness (QED) is 0.334. The summed E-state index contributed by atoms with van der Waals surface area (Å²) in [5.74, 6) is 0. The molecule has 0 saturated carbocycles. The van der Waals surface area contributed by atoms with Gasteiger partial charge in [-0.15, -0.1) is 0 Å². The lowest BCUT2D eigenvalue weighted by molar-refractivity contribution is -0.0271. The molecule has 10 heteroatoms. The van der Waals surface area contributed by atoms with Crippen LogP contribution in [-0.4, -0.2) is 33.4 Å². The Morgan fingerprint density at radius 1 is 1.68 bits per heavy atom. The molecule has 1 fully saturated rings. The van der Waals surface area contributed by atoms with Gasteiger partial charge in [-0.25, -0.2) is 4.79 Å². The molecular formula is C9H10IN5O4. The summed E-state index contributed by atoms with van der Waals surface area (Å²) in [6, 6.07) is -0.545. The molecular weight excluding hydrogens is 369 g/mol. The molecule has 2 unspecified atom stereocenters. The molecule has 0 bridgehead atoms. The van der Waals surface area contributed by atoms with Gasteiger partial charge in [-0.1, -0.05) is 5.11 Å². The molecule has 0 aliphatic carbocycles. The van der Waals surface area contributed by atoms with Crippen LogP contribution in [0, 0.1) is 3.57 Å². The number of aromatic amines is 1. The van der Waals surface area contributed by atoms with Gasteiger partial charge in [-0.05, 0) is 28.1 Å². The number of H-pyrrole nitrogens is 1. The van der Waals surface area contributed by atoms with Gasteiger partial charge >= 0.3 is 5.69 Å². The predicted molar refractivity (Wildman–Crippen MR) is 72.6 cm³/mol. The third-order valence-electron chi connectivity index (χ3n) is 2.82. The van der Waals surface area contributed by atoms with Crippen molar-refractivity contribution in [2.45, 2.75) is 24.8 Å². The maximum atomic E-state index is 11.7. The summed E-state index contributed by atoms with van der Waals surface area (Å²) in [6.07, 6.45) is 0.305. The number of aromatic nitrogens is 2. The summed E-state index contributed by atoms with van der Waals surface area (Å²) in [5.41, 5.74) is 7.37. The standard InChI is InChI=1S/C9H10IN5O4/c10-4-2-15(9(18)12-8(4)17)7-1-5(13-14-11)6(3-16)19-7/h2,5-7,16H,1,3H2,(H,12,17,18)/t5?,6-,7?/m1/s1. The minimum absolute atomic E-state index is 0.261. The summed E-state index contributed by atoms with van der Waals surface area (Å²) in [7, 11) is 0. The molecule has 1 aromatic rings. The van der Waals surface area contributed by atoms with E-state index in [4.69, 9.17) is 15.4 Å². The van der Waals surface area contributed by atoms with Crippen molar-refractivity contribution in [2.24, 2.45) is 5.11 Å². The van der Waals surface area contributed by atoms with Crippen LogP contribution in [0.2, 0.25) is 0 Å². The maximum absolute atomic E-state index is 11.7. The Labute approximate surface area is 120 Å². The second kappa shape index (κ2) is 5.74. The summed E-state index contributed by atoms with van der Waals surface area (Å²) in [6.45, 7) is -0.310. The van der Waals surface area contributed by atoms with Gasteiger partial charge in [0.05, 0.1) is 22.3 Å². The number of aliphatic hydroxyl groups excluding tert-OH is 1.